The van der Waals surface area contributed by atoms with Gasteiger partial charge in [-0.2, -0.15) is 0 Å². The summed E-state index contributed by atoms with van der Waals surface area (Å²) in [5.74, 6) is -0.436. The van der Waals surface area contributed by atoms with Gasteiger partial charge in [0.25, 0.3) is 0 Å². The van der Waals surface area contributed by atoms with Gasteiger partial charge in [0, 0.05) is 6.07 Å². The Kier molecular flexibility index (Phi) is 2.28. The van der Waals surface area contributed by atoms with Crippen LogP contribution in [0.1, 0.15) is 5.76 Å². The fourth-order valence-electron chi connectivity index (χ4n) is 1.27. The zero-order valence-corrected chi connectivity index (χ0v) is 7.30. The van der Waals surface area contributed by atoms with Crippen LogP contribution in [-0.4, -0.2) is 35.1 Å². The molecule has 0 bridgehead atoms. The molecule has 0 spiro atoms. The summed E-state index contributed by atoms with van der Waals surface area (Å²) in [5, 5.41) is 3.52. The lowest BCUT2D eigenvalue weighted by atomic mass is 10.3. The monoisotopic (exact) mass is 196 g/mol. The van der Waals surface area contributed by atoms with Crippen molar-refractivity contribution in [2.75, 3.05) is 13.1 Å². The molecule has 1 saturated heterocycles. The number of cyclic esters (lactones) is 2. The highest BCUT2D eigenvalue weighted by Gasteiger charge is 2.25. The van der Waals surface area contributed by atoms with E-state index in [0.717, 1.165) is 0 Å². The molecule has 0 aliphatic carbocycles. The van der Waals surface area contributed by atoms with E-state index in [1.165, 1.54) is 6.20 Å². The molecule has 2 rings (SSSR count). The number of rotatable bonds is 2. The van der Waals surface area contributed by atoms with E-state index in [4.69, 9.17) is 4.52 Å². The van der Waals surface area contributed by atoms with E-state index < -0.39 is 11.9 Å². The van der Waals surface area contributed by atoms with Crippen molar-refractivity contribution in [1.29, 1.82) is 0 Å². The maximum atomic E-state index is 10.9. The maximum absolute atomic E-state index is 10.9. The summed E-state index contributed by atoms with van der Waals surface area (Å²) < 4.78 is 9.22. The molecule has 0 atom stereocenters. The average Bonchev–Trinajstić information content (AvgIpc) is 2.54. The smallest absolute Gasteiger partial charge is 0.327 e. The molecule has 1 aliphatic rings. The van der Waals surface area contributed by atoms with E-state index in [1.807, 2.05) is 0 Å². The quantitative estimate of drug-likeness (QED) is 0.471. The number of morpholine rings is 1. The first-order valence-corrected chi connectivity index (χ1v) is 4.09. The highest BCUT2D eigenvalue weighted by Crippen LogP contribution is 2.06. The molecule has 14 heavy (non-hydrogen) atoms. The average molecular weight is 196 g/mol. The van der Waals surface area contributed by atoms with Gasteiger partial charge >= 0.3 is 11.9 Å². The molecule has 0 aromatic carbocycles. The Morgan fingerprint density at radius 3 is 2.64 bits per heavy atom. The molecular weight excluding hydrogens is 188 g/mol. The summed E-state index contributed by atoms with van der Waals surface area (Å²) >= 11 is 0. The highest BCUT2D eigenvalue weighted by atomic mass is 16.6. The van der Waals surface area contributed by atoms with Crippen LogP contribution in [0.25, 0.3) is 0 Å². The predicted octanol–water partition coefficient (Wildman–Crippen LogP) is -0.440. The SMILES string of the molecule is O=C1CN(Cc2ccno2)CC(=O)O1. The van der Waals surface area contributed by atoms with Gasteiger partial charge in [-0.25, -0.2) is 0 Å². The van der Waals surface area contributed by atoms with Crippen molar-refractivity contribution in [3.05, 3.63) is 18.0 Å². The van der Waals surface area contributed by atoms with E-state index in [-0.39, 0.29) is 13.1 Å². The number of hydrogen-bond donors (Lipinski definition) is 0. The Hall–Kier alpha value is -1.69. The van der Waals surface area contributed by atoms with Gasteiger partial charge in [-0.15, -0.1) is 0 Å². The minimum Gasteiger partial charge on any atom is -0.391 e. The van der Waals surface area contributed by atoms with Gasteiger partial charge in [0.05, 0.1) is 25.8 Å². The molecule has 74 valence electrons. The van der Waals surface area contributed by atoms with Crippen molar-refractivity contribution in [1.82, 2.24) is 10.1 Å². The van der Waals surface area contributed by atoms with E-state index in [2.05, 4.69) is 9.89 Å². The molecule has 0 N–H and O–H groups in total. The third-order valence-corrected chi connectivity index (χ3v) is 1.80. The van der Waals surface area contributed by atoms with Crippen molar-refractivity contribution < 1.29 is 18.8 Å². The first-order chi connectivity index (χ1) is 6.74. The zero-order valence-electron chi connectivity index (χ0n) is 7.30. The lowest BCUT2D eigenvalue weighted by Gasteiger charge is -2.22. The normalized spacial score (nSPS) is 18.3. The zero-order chi connectivity index (χ0) is 9.97. The van der Waals surface area contributed by atoms with Crippen LogP contribution in [-0.2, 0) is 20.9 Å². The topological polar surface area (TPSA) is 72.6 Å². The van der Waals surface area contributed by atoms with E-state index in [9.17, 15) is 9.59 Å². The minimum atomic E-state index is -0.527. The first-order valence-electron chi connectivity index (χ1n) is 4.09. The summed E-state index contributed by atoms with van der Waals surface area (Å²) in [6.07, 6.45) is 1.51. The van der Waals surface area contributed by atoms with Crippen molar-refractivity contribution in [3.8, 4) is 0 Å². The summed E-state index contributed by atoms with van der Waals surface area (Å²) in [6.45, 7) is 0.597. The standard InChI is InChI=1S/C8H8N2O4/c11-7-4-10(5-8(12)13-7)3-6-1-2-9-14-6/h1-2H,3-5H2. The highest BCUT2D eigenvalue weighted by molar-refractivity contribution is 5.90. The van der Waals surface area contributed by atoms with Crippen LogP contribution in [0.4, 0.5) is 0 Å². The van der Waals surface area contributed by atoms with Crippen LogP contribution >= 0.6 is 0 Å². The van der Waals surface area contributed by atoms with Crippen molar-refractivity contribution in [3.63, 3.8) is 0 Å². The first kappa shape index (κ1) is 8.89. The number of carbonyl (C=O) groups is 2. The van der Waals surface area contributed by atoms with Crippen molar-refractivity contribution in [2.24, 2.45) is 0 Å². The Bertz CT molecular complexity index is 330. The minimum absolute atomic E-state index is 0.104. The Labute approximate surface area is 79.4 Å². The molecule has 6 nitrogen and oxygen atoms in total. The second-order valence-corrected chi connectivity index (χ2v) is 2.97. The third-order valence-electron chi connectivity index (χ3n) is 1.80. The molecule has 0 saturated carbocycles. The number of nitrogens with zero attached hydrogens (tertiary/aromatic N) is 2. The molecule has 1 fully saturated rings. The molecule has 0 amide bonds. The summed E-state index contributed by atoms with van der Waals surface area (Å²) in [4.78, 5) is 23.4. The van der Waals surface area contributed by atoms with E-state index in [0.29, 0.717) is 12.3 Å². The van der Waals surface area contributed by atoms with Crippen LogP contribution in [0.2, 0.25) is 0 Å². The van der Waals surface area contributed by atoms with Gasteiger partial charge in [-0.05, 0) is 0 Å². The predicted molar refractivity (Wildman–Crippen MR) is 42.9 cm³/mol. The fourth-order valence-corrected chi connectivity index (χ4v) is 1.27. The van der Waals surface area contributed by atoms with E-state index >= 15 is 0 Å². The molecular formula is C8H8N2O4. The van der Waals surface area contributed by atoms with Crippen molar-refractivity contribution >= 4 is 11.9 Å². The van der Waals surface area contributed by atoms with Crippen LogP contribution in [0.3, 0.4) is 0 Å². The van der Waals surface area contributed by atoms with Crippen molar-refractivity contribution in [2.45, 2.75) is 6.54 Å². The molecule has 2 heterocycles. The van der Waals surface area contributed by atoms with Crippen LogP contribution in [0, 0.1) is 0 Å². The van der Waals surface area contributed by atoms with Crippen LogP contribution in [0.15, 0.2) is 16.8 Å². The molecule has 0 radical (unpaired) electrons. The number of carbonyl (C=O) groups excluding carboxylic acids is 2. The molecule has 1 aromatic rings. The Balaban J connectivity index is 1.98. The summed E-state index contributed by atoms with van der Waals surface area (Å²) in [5.41, 5.74) is 0. The maximum Gasteiger partial charge on any atom is 0.327 e. The molecule has 1 aromatic heterocycles. The Morgan fingerprint density at radius 2 is 2.07 bits per heavy atom. The van der Waals surface area contributed by atoms with Gasteiger partial charge < -0.3 is 9.26 Å². The number of aromatic nitrogens is 1. The van der Waals surface area contributed by atoms with E-state index in [1.54, 1.807) is 11.0 Å². The van der Waals surface area contributed by atoms with Gasteiger partial charge in [0.2, 0.25) is 0 Å². The van der Waals surface area contributed by atoms with Crippen LogP contribution < -0.4 is 0 Å². The van der Waals surface area contributed by atoms with Crippen LogP contribution in [0.5, 0.6) is 0 Å². The second-order valence-electron chi connectivity index (χ2n) is 2.97. The Morgan fingerprint density at radius 1 is 1.36 bits per heavy atom. The largest absolute Gasteiger partial charge is 0.391 e. The van der Waals surface area contributed by atoms with Gasteiger partial charge in [-0.1, -0.05) is 5.16 Å². The number of ether oxygens (including phenoxy) is 1. The summed E-state index contributed by atoms with van der Waals surface area (Å²) in [6, 6.07) is 1.68. The molecule has 6 heteroatoms. The summed E-state index contributed by atoms with van der Waals surface area (Å²) in [7, 11) is 0. The second kappa shape index (κ2) is 3.59. The number of hydrogen-bond acceptors (Lipinski definition) is 6. The van der Waals surface area contributed by atoms with Gasteiger partial charge in [0.15, 0.2) is 5.76 Å². The third kappa shape index (κ3) is 1.97. The molecule has 0 unspecified atom stereocenters. The van der Waals surface area contributed by atoms with Gasteiger partial charge in [-0.3, -0.25) is 14.5 Å². The lowest BCUT2D eigenvalue weighted by molar-refractivity contribution is -0.167. The number of esters is 2. The molecule has 1 aliphatic heterocycles. The lowest BCUT2D eigenvalue weighted by Crippen LogP contribution is -2.42. The fraction of sp³-hybridized carbons (Fsp3) is 0.375. The van der Waals surface area contributed by atoms with Gasteiger partial charge in [0.1, 0.15) is 0 Å².